The first kappa shape index (κ1) is 65.4. The van der Waals surface area contributed by atoms with Crippen molar-refractivity contribution in [2.45, 2.75) is 317 Å². The minimum absolute atomic E-state index is 0.0596. The second kappa shape index (κ2) is 49.4. The molecule has 7 heteroatoms. The van der Waals surface area contributed by atoms with Crippen LogP contribution >= 0.6 is 0 Å². The van der Waals surface area contributed by atoms with Gasteiger partial charge in [0.2, 0.25) is 5.91 Å². The van der Waals surface area contributed by atoms with Crippen LogP contribution in [0.5, 0.6) is 0 Å². The summed E-state index contributed by atoms with van der Waals surface area (Å²) < 4.78 is 6.47. The smallest absolute Gasteiger partial charge is 0.308 e. The number of carbonyl (C=O) groups excluding carboxylic acids is 2. The maximum Gasteiger partial charge on any atom is 0.308 e. The van der Waals surface area contributed by atoms with Crippen molar-refractivity contribution in [1.82, 2.24) is 9.80 Å². The van der Waals surface area contributed by atoms with E-state index in [-0.39, 0.29) is 30.3 Å². The number of carbonyl (C=O) groups is 3. The predicted molar refractivity (Wildman–Crippen MR) is 290 cm³/mol. The highest BCUT2D eigenvalue weighted by Crippen LogP contribution is 2.31. The number of carboxylic acids is 1. The van der Waals surface area contributed by atoms with E-state index in [0.717, 1.165) is 77.3 Å². The Morgan fingerprint density at radius 3 is 1.25 bits per heavy atom. The highest BCUT2D eigenvalue weighted by Gasteiger charge is 2.27. The number of ether oxygens (including phenoxy) is 1. The molecule has 0 aromatic heterocycles. The van der Waals surface area contributed by atoms with Crippen LogP contribution in [0, 0.1) is 17.8 Å². The van der Waals surface area contributed by atoms with Gasteiger partial charge in [0.15, 0.2) is 0 Å². The van der Waals surface area contributed by atoms with E-state index in [9.17, 15) is 19.5 Å². The van der Waals surface area contributed by atoms with E-state index in [2.05, 4.69) is 44.4 Å². The van der Waals surface area contributed by atoms with Crippen LogP contribution in [0.4, 0.5) is 0 Å². The maximum absolute atomic E-state index is 14.5. The molecule has 1 N–H and O–H groups in total. The first-order chi connectivity index (χ1) is 32.6. The van der Waals surface area contributed by atoms with Crippen LogP contribution in [0.2, 0.25) is 0 Å². The van der Waals surface area contributed by atoms with Crippen molar-refractivity contribution >= 4 is 17.8 Å². The van der Waals surface area contributed by atoms with Gasteiger partial charge < -0.3 is 19.6 Å². The molecule has 0 rings (SSSR count). The van der Waals surface area contributed by atoms with E-state index < -0.39 is 5.97 Å². The molecule has 67 heavy (non-hydrogen) atoms. The number of hydrogen-bond acceptors (Lipinski definition) is 5. The maximum atomic E-state index is 14.5. The molecule has 7 nitrogen and oxygen atoms in total. The van der Waals surface area contributed by atoms with Crippen molar-refractivity contribution in [3.63, 3.8) is 0 Å². The van der Waals surface area contributed by atoms with Crippen molar-refractivity contribution in [3.05, 3.63) is 0 Å². The third kappa shape index (κ3) is 41.8. The van der Waals surface area contributed by atoms with Gasteiger partial charge in [-0.15, -0.1) is 0 Å². The van der Waals surface area contributed by atoms with E-state index in [1.54, 1.807) is 0 Å². The number of carboxylic acid groups (broad SMARTS) is 1. The fourth-order valence-electron chi connectivity index (χ4n) is 10.3. The molecule has 0 radical (unpaired) electrons. The molecule has 0 aromatic carbocycles. The lowest BCUT2D eigenvalue weighted by Crippen LogP contribution is -2.42. The van der Waals surface area contributed by atoms with E-state index in [4.69, 9.17) is 4.74 Å². The number of nitrogens with zero attached hydrogens (tertiary/aromatic N) is 2. The Morgan fingerprint density at radius 2 is 0.791 bits per heavy atom. The van der Waals surface area contributed by atoms with E-state index in [0.29, 0.717) is 31.3 Å². The van der Waals surface area contributed by atoms with Gasteiger partial charge in [-0.05, 0) is 77.3 Å². The highest BCUT2D eigenvalue weighted by molar-refractivity contribution is 5.76. The molecule has 1 amide bonds. The summed E-state index contributed by atoms with van der Waals surface area (Å²) in [6.07, 6.45) is 49.5. The molecule has 0 saturated heterocycles. The summed E-state index contributed by atoms with van der Waals surface area (Å²) >= 11 is 0. The van der Waals surface area contributed by atoms with Gasteiger partial charge >= 0.3 is 11.9 Å². The minimum atomic E-state index is -0.727. The molecule has 0 heterocycles. The second-order valence-corrected chi connectivity index (χ2v) is 21.7. The summed E-state index contributed by atoms with van der Waals surface area (Å²) in [6.45, 7) is 13.6. The van der Waals surface area contributed by atoms with Gasteiger partial charge in [0.25, 0.3) is 0 Å². The summed E-state index contributed by atoms with van der Waals surface area (Å²) in [5.74, 6) is 0.580. The molecular formula is C60H118N2O5. The zero-order valence-electron chi connectivity index (χ0n) is 46.3. The molecule has 0 spiro atoms. The van der Waals surface area contributed by atoms with Gasteiger partial charge in [0.1, 0.15) is 0 Å². The molecule has 0 bridgehead atoms. The molecule has 0 fully saturated rings. The van der Waals surface area contributed by atoms with Crippen molar-refractivity contribution < 1.29 is 24.2 Å². The van der Waals surface area contributed by atoms with Crippen LogP contribution in [0.25, 0.3) is 0 Å². The zero-order valence-corrected chi connectivity index (χ0v) is 46.3. The molecule has 0 aliphatic heterocycles. The van der Waals surface area contributed by atoms with E-state index in [1.165, 1.54) is 193 Å². The van der Waals surface area contributed by atoms with Crippen LogP contribution in [0.1, 0.15) is 311 Å². The van der Waals surface area contributed by atoms with Crippen LogP contribution in [-0.2, 0) is 19.1 Å². The normalized spacial score (nSPS) is 13.5. The number of unbranched alkanes of at least 4 members (excludes halogenated alkanes) is 26. The van der Waals surface area contributed by atoms with E-state index >= 15 is 0 Å². The van der Waals surface area contributed by atoms with Crippen molar-refractivity contribution in [3.8, 4) is 0 Å². The van der Waals surface area contributed by atoms with Crippen LogP contribution < -0.4 is 0 Å². The topological polar surface area (TPSA) is 87.2 Å². The Morgan fingerprint density at radius 1 is 0.418 bits per heavy atom. The Hall–Kier alpha value is -1.63. The summed E-state index contributed by atoms with van der Waals surface area (Å²) in [4.78, 5) is 44.2. The molecule has 0 saturated carbocycles. The Kier molecular flexibility index (Phi) is 48.2. The van der Waals surface area contributed by atoms with Crippen LogP contribution in [-0.4, -0.2) is 72.6 Å². The molecule has 0 aliphatic rings. The molecule has 398 valence electrons. The van der Waals surface area contributed by atoms with Crippen molar-refractivity contribution in [2.24, 2.45) is 17.8 Å². The monoisotopic (exact) mass is 947 g/mol. The summed E-state index contributed by atoms with van der Waals surface area (Å²) in [5.41, 5.74) is 0. The molecular weight excluding hydrogens is 829 g/mol. The average Bonchev–Trinajstić information content (AvgIpc) is 3.31. The number of esters is 1. The summed E-state index contributed by atoms with van der Waals surface area (Å²) in [7, 11) is 4.09. The first-order valence-corrected chi connectivity index (χ1v) is 30.0. The zero-order chi connectivity index (χ0) is 49.4. The Labute approximate surface area is 418 Å². The van der Waals surface area contributed by atoms with Crippen molar-refractivity contribution in [1.29, 1.82) is 0 Å². The van der Waals surface area contributed by atoms with Gasteiger partial charge in [-0.3, -0.25) is 14.4 Å². The summed E-state index contributed by atoms with van der Waals surface area (Å²) in [6, 6.07) is 0.156. The Balaban J connectivity index is 6.26. The minimum Gasteiger partial charge on any atom is -0.481 e. The number of rotatable bonds is 53. The average molecular weight is 948 g/mol. The molecule has 0 aromatic rings. The fourth-order valence-corrected chi connectivity index (χ4v) is 10.3. The fraction of sp³-hybridized carbons (Fsp3) is 0.950. The van der Waals surface area contributed by atoms with Crippen molar-refractivity contribution in [2.75, 3.05) is 33.8 Å². The predicted octanol–water partition coefficient (Wildman–Crippen LogP) is 18.1. The van der Waals surface area contributed by atoms with Gasteiger partial charge in [-0.25, -0.2) is 0 Å². The number of aliphatic carboxylic acids is 1. The van der Waals surface area contributed by atoms with Gasteiger partial charge in [-0.2, -0.15) is 0 Å². The van der Waals surface area contributed by atoms with Gasteiger partial charge in [-0.1, -0.05) is 247 Å². The largest absolute Gasteiger partial charge is 0.481 e. The second-order valence-electron chi connectivity index (χ2n) is 21.7. The van der Waals surface area contributed by atoms with E-state index in [1.807, 2.05) is 14.1 Å². The molecule has 4 unspecified atom stereocenters. The van der Waals surface area contributed by atoms with Gasteiger partial charge in [0, 0.05) is 32.0 Å². The summed E-state index contributed by atoms with van der Waals surface area (Å²) in [5, 5.41) is 9.31. The lowest BCUT2D eigenvalue weighted by molar-refractivity contribution is -0.151. The number of hydrogen-bond donors (Lipinski definition) is 1. The van der Waals surface area contributed by atoms with Gasteiger partial charge in [0.05, 0.1) is 12.5 Å². The third-order valence-electron chi connectivity index (χ3n) is 14.8. The lowest BCUT2D eigenvalue weighted by atomic mass is 9.84. The van der Waals surface area contributed by atoms with Crippen LogP contribution in [0.15, 0.2) is 0 Å². The standard InChI is InChI=1S/C60H118N2O5/c1-8-13-18-23-26-27-30-40-50-62(58(63)49-51-61(6)7)57(46-36-31-37-48-59(64)65)47-39-38-45-56(52-54(41-32-21-16-11-4)42-34-28-24-19-14-9-2)60(66)67-53-55(43-33-22-17-12-5)44-35-29-25-20-15-10-3/h54-57H,8-53H2,1-7H3,(H,64,65). The Bertz CT molecular complexity index is 1080. The molecule has 4 atom stereocenters. The number of amides is 1. The SMILES string of the molecule is CCCCCCCCCCN(C(=O)CCN(C)C)C(CCCCCC(=O)O)CCCCC(CC(CCCCCC)CCCCCCCC)C(=O)OCC(CCCCCC)CCCCCCCC. The quantitative estimate of drug-likeness (QED) is 0.0483. The molecule has 0 aliphatic carbocycles. The highest BCUT2D eigenvalue weighted by atomic mass is 16.5. The van der Waals surface area contributed by atoms with Crippen LogP contribution in [0.3, 0.4) is 0 Å². The third-order valence-corrected chi connectivity index (χ3v) is 14.8. The first-order valence-electron chi connectivity index (χ1n) is 30.0. The lowest BCUT2D eigenvalue weighted by Gasteiger charge is -2.33.